The molecule has 0 fully saturated rings. The van der Waals surface area contributed by atoms with Crippen LogP contribution in [0.15, 0.2) is 43.0 Å². The Labute approximate surface area is 120 Å². The molecule has 0 amide bonds. The van der Waals surface area contributed by atoms with Gasteiger partial charge in [0, 0.05) is 32.1 Å². The first-order chi connectivity index (χ1) is 9.90. The quantitative estimate of drug-likeness (QED) is 0.714. The van der Waals surface area contributed by atoms with Gasteiger partial charge in [0.15, 0.2) is 0 Å². The molecule has 0 unspecified atom stereocenters. The van der Waals surface area contributed by atoms with Gasteiger partial charge in [-0.15, -0.1) is 0 Å². The van der Waals surface area contributed by atoms with E-state index < -0.39 is 0 Å². The molecule has 0 aliphatic carbocycles. The molecule has 0 atom stereocenters. The van der Waals surface area contributed by atoms with E-state index in [-0.39, 0.29) is 0 Å². The van der Waals surface area contributed by atoms with E-state index in [1.54, 1.807) is 0 Å². The second kappa shape index (κ2) is 8.51. The normalized spacial score (nSPS) is 10.8. The van der Waals surface area contributed by atoms with Gasteiger partial charge in [0.25, 0.3) is 0 Å². The summed E-state index contributed by atoms with van der Waals surface area (Å²) in [5.74, 6) is 0. The lowest BCUT2D eigenvalue weighted by molar-refractivity contribution is 0.133. The number of rotatable bonds is 9. The second-order valence-electron chi connectivity index (χ2n) is 4.74. The van der Waals surface area contributed by atoms with E-state index in [9.17, 15) is 0 Å². The zero-order chi connectivity index (χ0) is 14.0. The minimum absolute atomic E-state index is 0.698. The summed E-state index contributed by atoms with van der Waals surface area (Å²) >= 11 is 0. The zero-order valence-corrected chi connectivity index (χ0v) is 12.1. The maximum absolute atomic E-state index is 5.50. The highest BCUT2D eigenvalue weighted by molar-refractivity contribution is 5.26. The maximum Gasteiger partial charge on any atom is 0.0945 e. The monoisotopic (exact) mass is 273 g/mol. The first-order valence-corrected chi connectivity index (χ1v) is 7.21. The van der Waals surface area contributed by atoms with Crippen molar-refractivity contribution in [3.05, 3.63) is 54.1 Å². The van der Waals surface area contributed by atoms with Crippen molar-refractivity contribution in [1.29, 1.82) is 0 Å². The Balaban J connectivity index is 1.70. The van der Waals surface area contributed by atoms with Crippen molar-refractivity contribution < 1.29 is 4.74 Å². The van der Waals surface area contributed by atoms with Gasteiger partial charge in [-0.25, -0.2) is 4.98 Å². The Bertz CT molecular complexity index is 482. The molecule has 0 radical (unpaired) electrons. The van der Waals surface area contributed by atoms with Crippen molar-refractivity contribution in [3.8, 4) is 0 Å². The largest absolute Gasteiger partial charge is 0.377 e. The number of hydrogen-bond acceptors (Lipinski definition) is 3. The first kappa shape index (κ1) is 14.8. The van der Waals surface area contributed by atoms with Gasteiger partial charge >= 0.3 is 0 Å². The number of nitrogens with zero attached hydrogens (tertiary/aromatic N) is 2. The highest BCUT2D eigenvalue weighted by Crippen LogP contribution is 2.09. The van der Waals surface area contributed by atoms with E-state index in [2.05, 4.69) is 39.1 Å². The Morgan fingerprint density at radius 3 is 2.85 bits per heavy atom. The van der Waals surface area contributed by atoms with Gasteiger partial charge in [0.1, 0.15) is 0 Å². The van der Waals surface area contributed by atoms with Gasteiger partial charge in [0.2, 0.25) is 0 Å². The van der Waals surface area contributed by atoms with Crippen LogP contribution in [0.3, 0.4) is 0 Å². The van der Waals surface area contributed by atoms with Crippen LogP contribution in [0.4, 0.5) is 0 Å². The molecule has 4 heteroatoms. The molecule has 1 aromatic carbocycles. The maximum atomic E-state index is 5.50. The summed E-state index contributed by atoms with van der Waals surface area (Å²) in [6.45, 7) is 6.38. The SMILES string of the molecule is CCOCc1ccccc1CNCCCn1ccnc1. The third-order valence-corrected chi connectivity index (χ3v) is 3.22. The minimum atomic E-state index is 0.698. The molecule has 20 heavy (non-hydrogen) atoms. The summed E-state index contributed by atoms with van der Waals surface area (Å²) in [7, 11) is 0. The molecule has 1 heterocycles. The molecular formula is C16H23N3O. The van der Waals surface area contributed by atoms with Crippen LogP contribution in [0, 0.1) is 0 Å². The van der Waals surface area contributed by atoms with Gasteiger partial charge in [-0.3, -0.25) is 0 Å². The first-order valence-electron chi connectivity index (χ1n) is 7.21. The summed E-state index contributed by atoms with van der Waals surface area (Å²) in [5, 5.41) is 3.49. The van der Waals surface area contributed by atoms with Crippen LogP contribution in [-0.2, 0) is 24.4 Å². The van der Waals surface area contributed by atoms with Crippen molar-refractivity contribution in [2.75, 3.05) is 13.2 Å². The van der Waals surface area contributed by atoms with Crippen molar-refractivity contribution in [2.45, 2.75) is 33.0 Å². The molecule has 0 saturated carbocycles. The fraction of sp³-hybridized carbons (Fsp3) is 0.438. The van der Waals surface area contributed by atoms with Crippen molar-refractivity contribution in [1.82, 2.24) is 14.9 Å². The molecular weight excluding hydrogens is 250 g/mol. The van der Waals surface area contributed by atoms with E-state index in [1.807, 2.05) is 25.6 Å². The molecule has 0 bridgehead atoms. The van der Waals surface area contributed by atoms with Crippen LogP contribution in [0.25, 0.3) is 0 Å². The molecule has 0 saturated heterocycles. The molecule has 2 aromatic rings. The average Bonchev–Trinajstić information content (AvgIpc) is 2.99. The van der Waals surface area contributed by atoms with Crippen LogP contribution >= 0.6 is 0 Å². The number of aryl methyl sites for hydroxylation is 1. The lowest BCUT2D eigenvalue weighted by Gasteiger charge is -2.10. The van der Waals surface area contributed by atoms with Crippen LogP contribution in [0.1, 0.15) is 24.5 Å². The van der Waals surface area contributed by atoms with Crippen LogP contribution in [0.5, 0.6) is 0 Å². The summed E-state index contributed by atoms with van der Waals surface area (Å²) in [6, 6.07) is 8.45. The highest BCUT2D eigenvalue weighted by atomic mass is 16.5. The molecule has 0 aliphatic heterocycles. The average molecular weight is 273 g/mol. The number of ether oxygens (including phenoxy) is 1. The van der Waals surface area contributed by atoms with E-state index >= 15 is 0 Å². The number of imidazole rings is 1. The fourth-order valence-electron chi connectivity index (χ4n) is 2.11. The van der Waals surface area contributed by atoms with Crippen LogP contribution < -0.4 is 5.32 Å². The summed E-state index contributed by atoms with van der Waals surface area (Å²) < 4.78 is 7.60. The summed E-state index contributed by atoms with van der Waals surface area (Å²) in [6.07, 6.45) is 6.77. The lowest BCUT2D eigenvalue weighted by atomic mass is 10.1. The standard InChI is InChI=1S/C16H23N3O/c1-2-20-13-16-7-4-3-6-15(16)12-17-8-5-10-19-11-9-18-14-19/h3-4,6-7,9,11,14,17H,2,5,8,10,12-13H2,1H3. The predicted molar refractivity (Wildman–Crippen MR) is 80.3 cm³/mol. The van der Waals surface area contributed by atoms with Crippen molar-refractivity contribution in [2.24, 2.45) is 0 Å². The van der Waals surface area contributed by atoms with Crippen LogP contribution in [-0.4, -0.2) is 22.7 Å². The Hall–Kier alpha value is -1.65. The highest BCUT2D eigenvalue weighted by Gasteiger charge is 2.01. The summed E-state index contributed by atoms with van der Waals surface area (Å²) in [4.78, 5) is 4.04. The fourth-order valence-corrected chi connectivity index (χ4v) is 2.11. The molecule has 1 N–H and O–H groups in total. The Kier molecular flexibility index (Phi) is 6.27. The second-order valence-corrected chi connectivity index (χ2v) is 4.74. The van der Waals surface area contributed by atoms with E-state index in [0.29, 0.717) is 6.61 Å². The molecule has 4 nitrogen and oxygen atoms in total. The smallest absolute Gasteiger partial charge is 0.0945 e. The third kappa shape index (κ3) is 4.79. The van der Waals surface area contributed by atoms with Gasteiger partial charge in [-0.1, -0.05) is 24.3 Å². The number of hydrogen-bond donors (Lipinski definition) is 1. The predicted octanol–water partition coefficient (Wildman–Crippen LogP) is 2.60. The zero-order valence-electron chi connectivity index (χ0n) is 12.1. The summed E-state index contributed by atoms with van der Waals surface area (Å²) in [5.41, 5.74) is 2.60. The number of nitrogens with one attached hydrogen (secondary N) is 1. The van der Waals surface area contributed by atoms with Gasteiger partial charge in [-0.05, 0) is 31.0 Å². The third-order valence-electron chi connectivity index (χ3n) is 3.22. The molecule has 0 spiro atoms. The Morgan fingerprint density at radius 2 is 2.10 bits per heavy atom. The van der Waals surface area contributed by atoms with Crippen molar-refractivity contribution in [3.63, 3.8) is 0 Å². The molecule has 108 valence electrons. The van der Waals surface area contributed by atoms with Gasteiger partial charge in [-0.2, -0.15) is 0 Å². The van der Waals surface area contributed by atoms with Gasteiger partial charge < -0.3 is 14.6 Å². The minimum Gasteiger partial charge on any atom is -0.377 e. The van der Waals surface area contributed by atoms with E-state index in [1.165, 1.54) is 11.1 Å². The molecule has 2 rings (SSSR count). The van der Waals surface area contributed by atoms with Crippen LogP contribution in [0.2, 0.25) is 0 Å². The Morgan fingerprint density at radius 1 is 1.25 bits per heavy atom. The van der Waals surface area contributed by atoms with Crippen molar-refractivity contribution >= 4 is 0 Å². The van der Waals surface area contributed by atoms with E-state index in [4.69, 9.17) is 4.74 Å². The number of aromatic nitrogens is 2. The molecule has 0 aliphatic rings. The molecule has 1 aromatic heterocycles. The lowest BCUT2D eigenvalue weighted by Crippen LogP contribution is -2.17. The number of benzene rings is 1. The topological polar surface area (TPSA) is 39.1 Å². The van der Waals surface area contributed by atoms with E-state index in [0.717, 1.165) is 32.7 Å². The van der Waals surface area contributed by atoms with Gasteiger partial charge in [0.05, 0.1) is 12.9 Å².